The van der Waals surface area contributed by atoms with Crippen molar-refractivity contribution >= 4 is 28.3 Å². The molecule has 122 valence electrons. The Kier molecular flexibility index (Phi) is 4.11. The summed E-state index contributed by atoms with van der Waals surface area (Å²) >= 11 is 6.01. The van der Waals surface area contributed by atoms with Gasteiger partial charge in [0.05, 0.1) is 5.52 Å². The Morgan fingerprint density at radius 1 is 1.04 bits per heavy atom. The van der Waals surface area contributed by atoms with E-state index >= 15 is 0 Å². The number of fused-ring (bicyclic) bond motifs is 1. The van der Waals surface area contributed by atoms with E-state index in [0.717, 1.165) is 46.2 Å². The predicted molar refractivity (Wildman–Crippen MR) is 101 cm³/mol. The molecule has 2 aromatic carbocycles. The maximum atomic E-state index is 6.01. The fourth-order valence-electron chi connectivity index (χ4n) is 3.41. The minimum absolute atomic E-state index is 0.700. The maximum Gasteiger partial charge on any atom is 0.162 e. The number of rotatable bonds is 2. The Morgan fingerprint density at radius 3 is 2.62 bits per heavy atom. The van der Waals surface area contributed by atoms with Crippen LogP contribution >= 0.6 is 11.6 Å². The van der Waals surface area contributed by atoms with E-state index in [9.17, 15) is 0 Å². The molecule has 1 aliphatic heterocycles. The highest BCUT2D eigenvalue weighted by molar-refractivity contribution is 6.30. The van der Waals surface area contributed by atoms with Crippen LogP contribution in [0.2, 0.25) is 5.02 Å². The molecule has 0 radical (unpaired) electrons. The molecule has 4 heteroatoms. The normalized spacial score (nSPS) is 18.1. The Morgan fingerprint density at radius 2 is 1.83 bits per heavy atom. The molecule has 1 aromatic heterocycles. The van der Waals surface area contributed by atoms with E-state index in [0.29, 0.717) is 5.92 Å². The van der Waals surface area contributed by atoms with Crippen molar-refractivity contribution in [3.8, 4) is 11.4 Å². The summed E-state index contributed by atoms with van der Waals surface area (Å²) in [6.07, 6.45) is 2.51. The van der Waals surface area contributed by atoms with Crippen LogP contribution in [0.15, 0.2) is 48.5 Å². The molecule has 3 aromatic rings. The van der Waals surface area contributed by atoms with Crippen molar-refractivity contribution in [1.29, 1.82) is 0 Å². The summed E-state index contributed by atoms with van der Waals surface area (Å²) in [4.78, 5) is 12.1. The molecule has 1 unspecified atom stereocenters. The summed E-state index contributed by atoms with van der Waals surface area (Å²) in [6, 6.07) is 16.0. The van der Waals surface area contributed by atoms with E-state index in [1.165, 1.54) is 12.8 Å². The van der Waals surface area contributed by atoms with Gasteiger partial charge in [-0.1, -0.05) is 30.7 Å². The molecule has 0 amide bonds. The third-order valence-electron chi connectivity index (χ3n) is 4.64. The second-order valence-corrected chi connectivity index (χ2v) is 7.02. The number of para-hydroxylation sites is 1. The van der Waals surface area contributed by atoms with Gasteiger partial charge in [-0.05, 0) is 55.2 Å². The SMILES string of the molecule is CC1CCCN(c2nc(-c3ccc(Cl)cc3)nc3ccccc23)C1. The molecular formula is C20H20ClN3. The molecule has 1 aliphatic rings. The lowest BCUT2D eigenvalue weighted by Gasteiger charge is -2.32. The molecule has 1 atom stereocenters. The summed E-state index contributed by atoms with van der Waals surface area (Å²) in [6.45, 7) is 4.43. The van der Waals surface area contributed by atoms with Crippen LogP contribution in [0.25, 0.3) is 22.3 Å². The van der Waals surface area contributed by atoms with Gasteiger partial charge < -0.3 is 4.90 Å². The van der Waals surface area contributed by atoms with Crippen LogP contribution in [0.1, 0.15) is 19.8 Å². The number of anilines is 1. The van der Waals surface area contributed by atoms with Crippen molar-refractivity contribution in [2.45, 2.75) is 19.8 Å². The van der Waals surface area contributed by atoms with Crippen molar-refractivity contribution in [3.63, 3.8) is 0 Å². The van der Waals surface area contributed by atoms with Crippen LogP contribution in [-0.2, 0) is 0 Å². The zero-order valence-electron chi connectivity index (χ0n) is 13.7. The average molecular weight is 338 g/mol. The quantitative estimate of drug-likeness (QED) is 0.644. The fourth-order valence-corrected chi connectivity index (χ4v) is 3.54. The highest BCUT2D eigenvalue weighted by atomic mass is 35.5. The van der Waals surface area contributed by atoms with Gasteiger partial charge in [-0.2, -0.15) is 0 Å². The third kappa shape index (κ3) is 2.96. The van der Waals surface area contributed by atoms with Gasteiger partial charge in [-0.25, -0.2) is 9.97 Å². The van der Waals surface area contributed by atoms with Crippen molar-refractivity contribution < 1.29 is 0 Å². The van der Waals surface area contributed by atoms with Crippen molar-refractivity contribution in [2.24, 2.45) is 5.92 Å². The largest absolute Gasteiger partial charge is 0.356 e. The van der Waals surface area contributed by atoms with Crippen LogP contribution < -0.4 is 4.90 Å². The number of piperidine rings is 1. The lowest BCUT2D eigenvalue weighted by Crippen LogP contribution is -2.35. The summed E-state index contributed by atoms with van der Waals surface area (Å²) in [5, 5.41) is 1.86. The van der Waals surface area contributed by atoms with Crippen molar-refractivity contribution in [3.05, 3.63) is 53.6 Å². The van der Waals surface area contributed by atoms with Crippen LogP contribution in [-0.4, -0.2) is 23.1 Å². The number of hydrogen-bond acceptors (Lipinski definition) is 3. The first-order valence-electron chi connectivity index (χ1n) is 8.48. The van der Waals surface area contributed by atoms with Crippen LogP contribution in [0, 0.1) is 5.92 Å². The number of nitrogens with zero attached hydrogens (tertiary/aromatic N) is 3. The summed E-state index contributed by atoms with van der Waals surface area (Å²) in [7, 11) is 0. The molecule has 0 N–H and O–H groups in total. The number of hydrogen-bond donors (Lipinski definition) is 0. The van der Waals surface area contributed by atoms with Gasteiger partial charge in [0.25, 0.3) is 0 Å². The highest BCUT2D eigenvalue weighted by Crippen LogP contribution is 2.30. The Bertz CT molecular complexity index is 860. The van der Waals surface area contributed by atoms with Gasteiger partial charge in [-0.3, -0.25) is 0 Å². The fraction of sp³-hybridized carbons (Fsp3) is 0.300. The third-order valence-corrected chi connectivity index (χ3v) is 4.89. The van der Waals surface area contributed by atoms with Crippen molar-refractivity contribution in [2.75, 3.05) is 18.0 Å². The molecule has 4 rings (SSSR count). The highest BCUT2D eigenvalue weighted by Gasteiger charge is 2.20. The van der Waals surface area contributed by atoms with E-state index in [-0.39, 0.29) is 0 Å². The average Bonchev–Trinajstić information content (AvgIpc) is 2.61. The van der Waals surface area contributed by atoms with Gasteiger partial charge in [-0.15, -0.1) is 0 Å². The molecule has 0 saturated carbocycles. The van der Waals surface area contributed by atoms with E-state index in [1.54, 1.807) is 0 Å². The zero-order valence-corrected chi connectivity index (χ0v) is 14.5. The van der Waals surface area contributed by atoms with E-state index in [2.05, 4.69) is 30.0 Å². The van der Waals surface area contributed by atoms with Crippen LogP contribution in [0.4, 0.5) is 5.82 Å². The first-order valence-corrected chi connectivity index (χ1v) is 8.86. The monoisotopic (exact) mass is 337 g/mol. The lowest BCUT2D eigenvalue weighted by atomic mass is 10.00. The standard InChI is InChI=1S/C20H20ClN3/c1-14-5-4-12-24(13-14)20-17-6-2-3-7-18(17)22-19(23-20)15-8-10-16(21)11-9-15/h2-3,6-11,14H,4-5,12-13H2,1H3. The predicted octanol–water partition coefficient (Wildman–Crippen LogP) is 5.19. The first-order chi connectivity index (χ1) is 11.7. The molecule has 3 nitrogen and oxygen atoms in total. The minimum Gasteiger partial charge on any atom is -0.356 e. The summed E-state index contributed by atoms with van der Waals surface area (Å²) < 4.78 is 0. The topological polar surface area (TPSA) is 29.0 Å². The van der Waals surface area contributed by atoms with Crippen LogP contribution in [0.3, 0.4) is 0 Å². The summed E-state index contributed by atoms with van der Waals surface area (Å²) in [5.41, 5.74) is 1.99. The Labute approximate surface area is 147 Å². The maximum absolute atomic E-state index is 6.01. The molecular weight excluding hydrogens is 318 g/mol. The zero-order chi connectivity index (χ0) is 16.5. The van der Waals surface area contributed by atoms with E-state index < -0.39 is 0 Å². The summed E-state index contributed by atoms with van der Waals surface area (Å²) in [5.74, 6) is 2.52. The first kappa shape index (κ1) is 15.4. The molecule has 0 spiro atoms. The molecule has 1 fully saturated rings. The van der Waals surface area contributed by atoms with Gasteiger partial charge in [0.1, 0.15) is 5.82 Å². The minimum atomic E-state index is 0.700. The van der Waals surface area contributed by atoms with Crippen LogP contribution in [0.5, 0.6) is 0 Å². The molecule has 0 bridgehead atoms. The second kappa shape index (κ2) is 6.40. The van der Waals surface area contributed by atoms with E-state index in [4.69, 9.17) is 21.6 Å². The van der Waals surface area contributed by atoms with Crippen molar-refractivity contribution in [1.82, 2.24) is 9.97 Å². The lowest BCUT2D eigenvalue weighted by molar-refractivity contribution is 0.445. The van der Waals surface area contributed by atoms with Gasteiger partial charge in [0, 0.05) is 29.1 Å². The Hall–Kier alpha value is -2.13. The number of benzene rings is 2. The Balaban J connectivity index is 1.86. The molecule has 0 aliphatic carbocycles. The van der Waals surface area contributed by atoms with E-state index in [1.807, 2.05) is 30.3 Å². The molecule has 2 heterocycles. The number of halogens is 1. The smallest absolute Gasteiger partial charge is 0.162 e. The molecule has 1 saturated heterocycles. The van der Waals surface area contributed by atoms with Gasteiger partial charge >= 0.3 is 0 Å². The van der Waals surface area contributed by atoms with Gasteiger partial charge in [0.15, 0.2) is 5.82 Å². The second-order valence-electron chi connectivity index (χ2n) is 6.59. The molecule has 24 heavy (non-hydrogen) atoms. The van der Waals surface area contributed by atoms with Gasteiger partial charge in [0.2, 0.25) is 0 Å². The number of aromatic nitrogens is 2.